The van der Waals surface area contributed by atoms with Gasteiger partial charge in [-0.1, -0.05) is 0 Å². The Balaban J connectivity index is -0.000000125. The number of carbonyl (C=O) groups is 2. The molecule has 0 spiro atoms. The van der Waals surface area contributed by atoms with Crippen molar-refractivity contribution in [2.75, 3.05) is 0 Å². The number of carbonyl (C=O) groups excluding carboxylic acids is 2. The molecule has 47 valence electrons. The van der Waals surface area contributed by atoms with E-state index >= 15 is 0 Å². The molecule has 0 bridgehead atoms. The predicted molar refractivity (Wildman–Crippen MR) is 13.6 cm³/mol. The van der Waals surface area contributed by atoms with E-state index in [2.05, 4.69) is 0 Å². The fourth-order valence-electron chi connectivity index (χ4n) is 0. The Morgan fingerprint density at radius 3 is 1.12 bits per heavy atom. The number of carboxylic acid groups (broad SMARTS) is 2. The van der Waals surface area contributed by atoms with E-state index in [1.165, 1.54) is 0 Å². The minimum atomic E-state index is -2.19. The molecule has 0 aromatic heterocycles. The van der Waals surface area contributed by atoms with Gasteiger partial charge in [0.05, 0.1) is 11.9 Å². The first-order chi connectivity index (χ1) is 2.64. The second kappa shape index (κ2) is 6.48. The van der Waals surface area contributed by atoms with Gasteiger partial charge in [-0.2, -0.15) is 0 Å². The number of rotatable bonds is 0. The molecule has 0 saturated carbocycles. The molecule has 0 aliphatic heterocycles. The van der Waals surface area contributed by atoms with E-state index in [9.17, 15) is 0 Å². The Bertz CT molecular complexity index is 76.4. The van der Waals surface area contributed by atoms with Gasteiger partial charge in [0.2, 0.25) is 0 Å². The largest absolute Gasteiger partial charge is 0.543 e. The third kappa shape index (κ3) is 9.08. The molecule has 0 atom stereocenters. The summed E-state index contributed by atoms with van der Waals surface area (Å²) < 4.78 is 0. The summed E-state index contributed by atoms with van der Waals surface area (Å²) in [7, 11) is 0. The maximum atomic E-state index is 8.93. The maximum Gasteiger partial charge on any atom is 0.0870 e. The monoisotopic (exact) mass is 157 g/mol. The topological polar surface area (TPSA) is 112 Å². The second-order valence-corrected chi connectivity index (χ2v) is 0.575. The summed E-state index contributed by atoms with van der Waals surface area (Å²) in [4.78, 5) is 17.9. The first kappa shape index (κ1) is 15.6. The molecule has 0 saturated heterocycles. The third-order valence-corrected chi connectivity index (χ3v) is 0.167. The summed E-state index contributed by atoms with van der Waals surface area (Å²) in [5, 5.41) is 17.9. The Hall–Kier alpha value is -0.516. The zero-order chi connectivity index (χ0) is 5.15. The van der Waals surface area contributed by atoms with Crippen molar-refractivity contribution >= 4 is 11.9 Å². The summed E-state index contributed by atoms with van der Waals surface area (Å²) >= 11 is 0. The van der Waals surface area contributed by atoms with Crippen molar-refractivity contribution in [3.63, 3.8) is 0 Å². The third-order valence-electron chi connectivity index (χ3n) is 0.167. The van der Waals surface area contributed by atoms with Crippen molar-refractivity contribution in [2.24, 2.45) is 0 Å². The van der Waals surface area contributed by atoms with Gasteiger partial charge >= 0.3 is 0 Å². The number of hydrogen-bond donors (Lipinski definition) is 0. The molecule has 0 fully saturated rings. The zero-order valence-electron chi connectivity index (χ0n) is 3.58. The van der Waals surface area contributed by atoms with Crippen molar-refractivity contribution in [2.45, 2.75) is 0 Å². The van der Waals surface area contributed by atoms with Gasteiger partial charge < -0.3 is 25.3 Å². The van der Waals surface area contributed by atoms with E-state index in [0.29, 0.717) is 0 Å². The molecular formula is C2H2O5V-2. The van der Waals surface area contributed by atoms with E-state index in [1.807, 2.05) is 0 Å². The SMILES string of the molecule is O.O=C([O-])C(=O)[O-].[V]. The second-order valence-electron chi connectivity index (χ2n) is 0.575. The normalized spacial score (nSPS) is 5.50. The Morgan fingerprint density at radius 2 is 1.12 bits per heavy atom. The van der Waals surface area contributed by atoms with Crippen molar-refractivity contribution in [1.82, 2.24) is 0 Å². The van der Waals surface area contributed by atoms with Gasteiger partial charge in [-0.05, 0) is 0 Å². The smallest absolute Gasteiger partial charge is 0.0870 e. The van der Waals surface area contributed by atoms with Crippen LogP contribution < -0.4 is 10.2 Å². The average Bonchev–Trinajstić information content (AvgIpc) is 1.36. The zero-order valence-corrected chi connectivity index (χ0v) is 4.98. The Kier molecular flexibility index (Phi) is 12.7. The number of aliphatic carboxylic acids is 2. The molecule has 0 rings (SSSR count). The van der Waals surface area contributed by atoms with Crippen LogP contribution in [-0.2, 0) is 28.1 Å². The van der Waals surface area contributed by atoms with E-state index in [4.69, 9.17) is 19.8 Å². The molecule has 0 amide bonds. The Labute approximate surface area is 56.5 Å². The van der Waals surface area contributed by atoms with Gasteiger partial charge in [0, 0.05) is 18.6 Å². The van der Waals surface area contributed by atoms with Crippen LogP contribution in [0.25, 0.3) is 0 Å². The van der Waals surface area contributed by atoms with Gasteiger partial charge in [-0.25, -0.2) is 0 Å². The minimum Gasteiger partial charge on any atom is -0.543 e. The maximum absolute atomic E-state index is 8.93. The van der Waals surface area contributed by atoms with E-state index in [0.717, 1.165) is 0 Å². The predicted octanol–water partition coefficient (Wildman–Crippen LogP) is -4.34. The fraction of sp³-hybridized carbons (Fsp3) is 0. The summed E-state index contributed by atoms with van der Waals surface area (Å²) in [5.41, 5.74) is 0. The molecule has 6 heteroatoms. The van der Waals surface area contributed by atoms with Crippen LogP contribution in [-0.4, -0.2) is 17.4 Å². The van der Waals surface area contributed by atoms with Gasteiger partial charge in [0.1, 0.15) is 0 Å². The first-order valence-corrected chi connectivity index (χ1v) is 1.07. The number of carboxylic acids is 2. The average molecular weight is 157 g/mol. The number of hydrogen-bond acceptors (Lipinski definition) is 4. The van der Waals surface area contributed by atoms with Gasteiger partial charge in [0.15, 0.2) is 0 Å². The molecule has 1 radical (unpaired) electrons. The van der Waals surface area contributed by atoms with Crippen LogP contribution in [0.2, 0.25) is 0 Å². The van der Waals surface area contributed by atoms with Crippen LogP contribution >= 0.6 is 0 Å². The molecule has 0 aromatic carbocycles. The van der Waals surface area contributed by atoms with E-state index < -0.39 is 11.9 Å². The van der Waals surface area contributed by atoms with Crippen molar-refractivity contribution < 1.29 is 43.8 Å². The summed E-state index contributed by atoms with van der Waals surface area (Å²) in [6.07, 6.45) is 0. The minimum absolute atomic E-state index is 0. The quantitative estimate of drug-likeness (QED) is 0.330. The van der Waals surface area contributed by atoms with Gasteiger partial charge in [0.25, 0.3) is 0 Å². The molecule has 5 nitrogen and oxygen atoms in total. The van der Waals surface area contributed by atoms with Crippen LogP contribution in [0.4, 0.5) is 0 Å². The fourth-order valence-corrected chi connectivity index (χ4v) is 0. The standard InChI is InChI=1S/C2H2O4.H2O.V/c3-1(4)2(5)6;;/h(H,3,4)(H,5,6);1H2;/p-2. The summed E-state index contributed by atoms with van der Waals surface area (Å²) in [5.74, 6) is -4.37. The first-order valence-electron chi connectivity index (χ1n) is 1.07. The summed E-state index contributed by atoms with van der Waals surface area (Å²) in [6, 6.07) is 0. The molecule has 8 heavy (non-hydrogen) atoms. The molecule has 0 unspecified atom stereocenters. The van der Waals surface area contributed by atoms with E-state index in [-0.39, 0.29) is 24.0 Å². The van der Waals surface area contributed by atoms with Gasteiger partial charge in [-0.3, -0.25) is 0 Å². The van der Waals surface area contributed by atoms with Crippen molar-refractivity contribution in [1.29, 1.82) is 0 Å². The van der Waals surface area contributed by atoms with Crippen LogP contribution in [0.3, 0.4) is 0 Å². The molecule has 0 aliphatic rings. The van der Waals surface area contributed by atoms with Crippen LogP contribution in [0.5, 0.6) is 0 Å². The van der Waals surface area contributed by atoms with Crippen molar-refractivity contribution in [3.05, 3.63) is 0 Å². The molecule has 2 N–H and O–H groups in total. The van der Waals surface area contributed by atoms with Crippen LogP contribution in [0, 0.1) is 0 Å². The van der Waals surface area contributed by atoms with Crippen LogP contribution in [0.15, 0.2) is 0 Å². The van der Waals surface area contributed by atoms with E-state index in [1.54, 1.807) is 0 Å². The molecular weight excluding hydrogens is 155 g/mol. The Morgan fingerprint density at radius 1 is 1.00 bits per heavy atom. The molecule has 0 aliphatic carbocycles. The van der Waals surface area contributed by atoms with Gasteiger partial charge in [-0.15, -0.1) is 0 Å². The van der Waals surface area contributed by atoms with Crippen LogP contribution in [0.1, 0.15) is 0 Å². The summed E-state index contributed by atoms with van der Waals surface area (Å²) in [6.45, 7) is 0. The van der Waals surface area contributed by atoms with Crippen molar-refractivity contribution in [3.8, 4) is 0 Å². The molecule has 0 heterocycles. The molecule has 0 aromatic rings.